The first kappa shape index (κ1) is 21.9. The van der Waals surface area contributed by atoms with Crippen molar-refractivity contribution >= 4 is 27.1 Å². The lowest BCUT2D eigenvalue weighted by molar-refractivity contribution is -0.140. The first-order chi connectivity index (χ1) is 14.8. The van der Waals surface area contributed by atoms with Crippen LogP contribution in [0.15, 0.2) is 6.07 Å². The van der Waals surface area contributed by atoms with E-state index in [1.165, 1.54) is 15.3 Å². The Hall–Kier alpha value is -0.960. The number of carbonyl (C=O) groups is 1. The highest BCUT2D eigenvalue weighted by molar-refractivity contribution is 7.92. The van der Waals surface area contributed by atoms with Gasteiger partial charge < -0.3 is 14.5 Å². The average molecular weight is 467 g/mol. The quantitative estimate of drug-likeness (QED) is 0.667. The maximum absolute atomic E-state index is 12.4. The molecule has 1 aromatic heterocycles. The molecule has 1 unspecified atom stereocenters. The van der Waals surface area contributed by atoms with Gasteiger partial charge in [0.25, 0.3) is 0 Å². The second-order valence-corrected chi connectivity index (χ2v) is 13.5. The number of thiophene rings is 1. The highest BCUT2D eigenvalue weighted by atomic mass is 32.2. The van der Waals surface area contributed by atoms with Gasteiger partial charge in [0.15, 0.2) is 9.84 Å². The normalized spacial score (nSPS) is 31.3. The van der Waals surface area contributed by atoms with Crippen LogP contribution in [0.1, 0.15) is 48.4 Å². The minimum atomic E-state index is -2.84. The molecule has 3 fully saturated rings. The summed E-state index contributed by atoms with van der Waals surface area (Å²) >= 11 is 1.98. The van der Waals surface area contributed by atoms with Crippen molar-refractivity contribution in [1.29, 1.82) is 0 Å². The SMILES string of the molecule is CCc1cc2c(s1)CCO[C@@]21CCN(CC2CN(C(=O)CC3CS(=O)(=O)C3)C2)C(C)C1. The molecule has 1 amide bonds. The van der Waals surface area contributed by atoms with Gasteiger partial charge in [-0.1, -0.05) is 6.92 Å². The second-order valence-electron chi connectivity index (χ2n) is 10.1. The molecule has 0 radical (unpaired) electrons. The second kappa shape index (κ2) is 8.12. The highest BCUT2D eigenvalue weighted by Crippen LogP contribution is 2.46. The van der Waals surface area contributed by atoms with Crippen molar-refractivity contribution in [1.82, 2.24) is 9.80 Å². The Kier molecular flexibility index (Phi) is 5.72. The summed E-state index contributed by atoms with van der Waals surface area (Å²) in [6.45, 7) is 9.11. The van der Waals surface area contributed by atoms with Crippen LogP contribution in [0.25, 0.3) is 0 Å². The van der Waals surface area contributed by atoms with E-state index in [0.717, 1.165) is 58.5 Å². The number of likely N-dealkylation sites (tertiary alicyclic amines) is 2. The number of sulfone groups is 1. The fourth-order valence-corrected chi connectivity index (χ4v) is 8.68. The number of piperidine rings is 1. The van der Waals surface area contributed by atoms with Crippen molar-refractivity contribution in [3.8, 4) is 0 Å². The average Bonchev–Trinajstić information content (AvgIpc) is 3.09. The van der Waals surface area contributed by atoms with E-state index in [9.17, 15) is 13.2 Å². The summed E-state index contributed by atoms with van der Waals surface area (Å²) in [5.41, 5.74) is 1.36. The molecule has 4 aliphatic heterocycles. The fourth-order valence-electron chi connectivity index (χ4n) is 5.93. The topological polar surface area (TPSA) is 66.9 Å². The van der Waals surface area contributed by atoms with Crippen molar-refractivity contribution in [2.24, 2.45) is 11.8 Å². The summed E-state index contributed by atoms with van der Waals surface area (Å²) in [7, 11) is -2.84. The Morgan fingerprint density at radius 2 is 2.06 bits per heavy atom. The number of amides is 1. The molecule has 5 rings (SSSR count). The number of hydrogen-bond donors (Lipinski definition) is 0. The maximum Gasteiger partial charge on any atom is 0.222 e. The number of hydrogen-bond acceptors (Lipinski definition) is 6. The predicted molar refractivity (Wildman–Crippen MR) is 122 cm³/mol. The minimum Gasteiger partial charge on any atom is -0.370 e. The van der Waals surface area contributed by atoms with Gasteiger partial charge in [-0.25, -0.2) is 8.42 Å². The van der Waals surface area contributed by atoms with Crippen LogP contribution in [0.3, 0.4) is 0 Å². The van der Waals surface area contributed by atoms with Crippen LogP contribution in [-0.2, 0) is 37.8 Å². The van der Waals surface area contributed by atoms with Gasteiger partial charge in [0.05, 0.1) is 23.7 Å². The van der Waals surface area contributed by atoms with Crippen molar-refractivity contribution in [2.45, 2.75) is 57.6 Å². The zero-order valence-corrected chi connectivity index (χ0v) is 20.3. The van der Waals surface area contributed by atoms with Crippen molar-refractivity contribution < 1.29 is 17.9 Å². The van der Waals surface area contributed by atoms with E-state index in [1.54, 1.807) is 0 Å². The third kappa shape index (κ3) is 4.21. The number of ether oxygens (including phenoxy) is 1. The molecule has 1 aromatic rings. The van der Waals surface area contributed by atoms with Gasteiger partial charge >= 0.3 is 0 Å². The van der Waals surface area contributed by atoms with Crippen LogP contribution in [0, 0.1) is 11.8 Å². The Morgan fingerprint density at radius 1 is 1.29 bits per heavy atom. The molecule has 5 heterocycles. The summed E-state index contributed by atoms with van der Waals surface area (Å²) in [6.07, 6.45) is 4.65. The van der Waals surface area contributed by atoms with Gasteiger partial charge in [-0.2, -0.15) is 0 Å². The zero-order chi connectivity index (χ0) is 21.8. The minimum absolute atomic E-state index is 0.0422. The van der Waals surface area contributed by atoms with Crippen LogP contribution in [0.5, 0.6) is 0 Å². The Morgan fingerprint density at radius 3 is 2.74 bits per heavy atom. The van der Waals surface area contributed by atoms with Crippen LogP contribution in [0.4, 0.5) is 0 Å². The third-order valence-electron chi connectivity index (χ3n) is 7.70. The lowest BCUT2D eigenvalue weighted by Gasteiger charge is -2.50. The molecule has 0 aromatic carbocycles. The fraction of sp³-hybridized carbons (Fsp3) is 0.783. The molecule has 2 atom stereocenters. The predicted octanol–water partition coefficient (Wildman–Crippen LogP) is 2.46. The van der Waals surface area contributed by atoms with E-state index in [2.05, 4.69) is 24.8 Å². The van der Waals surface area contributed by atoms with Gasteiger partial charge in [0.2, 0.25) is 5.91 Å². The zero-order valence-electron chi connectivity index (χ0n) is 18.6. The van der Waals surface area contributed by atoms with E-state index in [-0.39, 0.29) is 28.9 Å². The number of aryl methyl sites for hydroxylation is 1. The van der Waals surface area contributed by atoms with Gasteiger partial charge in [-0.05, 0) is 43.7 Å². The van der Waals surface area contributed by atoms with Crippen LogP contribution in [-0.4, -0.2) is 74.5 Å². The number of carbonyl (C=O) groups excluding carboxylic acids is 1. The molecule has 8 heteroatoms. The molecule has 0 N–H and O–H groups in total. The Bertz CT molecular complexity index is 941. The number of nitrogens with zero attached hydrogens (tertiary/aromatic N) is 2. The summed E-state index contributed by atoms with van der Waals surface area (Å²) in [6, 6.07) is 2.87. The smallest absolute Gasteiger partial charge is 0.222 e. The molecule has 3 saturated heterocycles. The van der Waals surface area contributed by atoms with Crippen LogP contribution < -0.4 is 0 Å². The van der Waals surface area contributed by atoms with E-state index >= 15 is 0 Å². The molecular weight excluding hydrogens is 432 g/mol. The Balaban J connectivity index is 1.12. The molecule has 31 heavy (non-hydrogen) atoms. The number of rotatable bonds is 5. The van der Waals surface area contributed by atoms with E-state index in [4.69, 9.17) is 4.74 Å². The summed E-state index contributed by atoms with van der Waals surface area (Å²) < 4.78 is 29.0. The van der Waals surface area contributed by atoms with E-state index < -0.39 is 9.84 Å². The first-order valence-electron chi connectivity index (χ1n) is 11.7. The standard InChI is InChI=1S/C23H34N2O4S2/c1-3-19-9-20-21(30-19)4-7-29-23(20)5-6-24(16(2)10-23)11-18-12-25(13-18)22(26)8-17-14-31(27,28)15-17/h9,16-18H,3-8,10-15H2,1-2H3/t16?,23-/m1/s1. The highest BCUT2D eigenvalue weighted by Gasteiger charge is 2.45. The van der Waals surface area contributed by atoms with Gasteiger partial charge in [-0.3, -0.25) is 4.79 Å². The molecule has 0 bridgehead atoms. The first-order valence-corrected chi connectivity index (χ1v) is 14.4. The van der Waals surface area contributed by atoms with Crippen LogP contribution >= 0.6 is 11.3 Å². The number of fused-ring (bicyclic) bond motifs is 2. The van der Waals surface area contributed by atoms with Crippen molar-refractivity contribution in [3.63, 3.8) is 0 Å². The third-order valence-corrected chi connectivity index (χ3v) is 11.0. The summed E-state index contributed by atoms with van der Waals surface area (Å²) in [5, 5.41) is 0. The van der Waals surface area contributed by atoms with Crippen molar-refractivity contribution in [2.75, 3.05) is 44.3 Å². The monoisotopic (exact) mass is 466 g/mol. The Labute approximate surface area is 189 Å². The maximum atomic E-state index is 12.4. The van der Waals surface area contributed by atoms with Gasteiger partial charge in [0.1, 0.15) is 0 Å². The lowest BCUT2D eigenvalue weighted by Crippen LogP contribution is -2.58. The molecular formula is C23H34N2O4S2. The molecule has 0 saturated carbocycles. The van der Waals surface area contributed by atoms with Crippen LogP contribution in [0.2, 0.25) is 0 Å². The van der Waals surface area contributed by atoms with E-state index in [0.29, 0.717) is 18.4 Å². The lowest BCUT2D eigenvalue weighted by atomic mass is 9.79. The molecule has 6 nitrogen and oxygen atoms in total. The summed E-state index contributed by atoms with van der Waals surface area (Å²) in [4.78, 5) is 19.9. The van der Waals surface area contributed by atoms with Gasteiger partial charge in [-0.15, -0.1) is 11.3 Å². The van der Waals surface area contributed by atoms with Crippen molar-refractivity contribution in [3.05, 3.63) is 21.4 Å². The largest absolute Gasteiger partial charge is 0.370 e. The molecule has 1 spiro atoms. The summed E-state index contributed by atoms with van der Waals surface area (Å²) in [5.74, 6) is 1.09. The molecule has 172 valence electrons. The van der Waals surface area contributed by atoms with Gasteiger partial charge in [0, 0.05) is 60.7 Å². The molecule has 0 aliphatic carbocycles. The molecule has 4 aliphatic rings. The van der Waals surface area contributed by atoms with E-state index in [1.807, 2.05) is 16.2 Å².